The molecule has 0 aliphatic heterocycles. The number of nitrogens with one attached hydrogen (secondary N) is 1. The van der Waals surface area contributed by atoms with Crippen LogP contribution in [0.4, 0.5) is 4.79 Å². The molecule has 142 valence electrons. The van der Waals surface area contributed by atoms with E-state index in [4.69, 9.17) is 4.74 Å². The van der Waals surface area contributed by atoms with Gasteiger partial charge in [-0.1, -0.05) is 37.6 Å². The lowest BCUT2D eigenvalue weighted by Gasteiger charge is -2.72. The van der Waals surface area contributed by atoms with Crippen molar-refractivity contribution in [2.24, 2.45) is 5.41 Å². The number of hydrogen-bond donors (Lipinski definition) is 2. The van der Waals surface area contributed by atoms with Gasteiger partial charge < -0.3 is 15.2 Å². The van der Waals surface area contributed by atoms with Gasteiger partial charge in [-0.15, -0.1) is 0 Å². The minimum absolute atomic E-state index is 0.0913. The second-order valence-electron chi connectivity index (χ2n) is 9.04. The molecule has 0 heterocycles. The van der Waals surface area contributed by atoms with Gasteiger partial charge in [0.05, 0.1) is 0 Å². The van der Waals surface area contributed by atoms with Crippen molar-refractivity contribution >= 4 is 12.1 Å². The molecule has 2 N–H and O–H groups in total. The summed E-state index contributed by atoms with van der Waals surface area (Å²) in [6.07, 6.45) is 3.97. The molecule has 3 aliphatic rings. The quantitative estimate of drug-likeness (QED) is 0.804. The number of alkyl carbamates (subject to hydrolysis) is 1. The van der Waals surface area contributed by atoms with E-state index < -0.39 is 23.7 Å². The number of carboxylic acids is 1. The fourth-order valence-corrected chi connectivity index (χ4v) is 4.69. The highest BCUT2D eigenvalue weighted by Gasteiger charge is 2.72. The third-order valence-corrected chi connectivity index (χ3v) is 5.70. The Kier molecular flexibility index (Phi) is 4.53. The second kappa shape index (κ2) is 6.29. The minimum Gasteiger partial charge on any atom is -0.480 e. The molecule has 1 amide bonds. The summed E-state index contributed by atoms with van der Waals surface area (Å²) < 4.78 is 5.23. The number of ether oxygens (including phenoxy) is 1. The van der Waals surface area contributed by atoms with E-state index in [9.17, 15) is 14.7 Å². The molecule has 1 unspecified atom stereocenters. The third kappa shape index (κ3) is 3.31. The van der Waals surface area contributed by atoms with Crippen LogP contribution in [-0.2, 0) is 21.4 Å². The van der Waals surface area contributed by atoms with Crippen LogP contribution in [0.3, 0.4) is 0 Å². The van der Waals surface area contributed by atoms with Crippen molar-refractivity contribution in [1.29, 1.82) is 0 Å². The average Bonchev–Trinajstić information content (AvgIpc) is 2.43. The van der Waals surface area contributed by atoms with Crippen LogP contribution in [0.1, 0.15) is 64.5 Å². The lowest BCUT2D eigenvalue weighted by atomic mass is 9.31. The summed E-state index contributed by atoms with van der Waals surface area (Å²) in [7, 11) is 0. The molecule has 3 aliphatic carbocycles. The Hall–Kier alpha value is -2.04. The van der Waals surface area contributed by atoms with Gasteiger partial charge in [0.2, 0.25) is 0 Å². The second-order valence-corrected chi connectivity index (χ2v) is 9.04. The molecule has 2 bridgehead atoms. The standard InChI is InChI=1S/C21H29NO4/c1-5-6-14-7-9-15(10-8-14)20-11-21(12-20,13-20)16(17(23)24)22-18(25)26-19(2,3)4/h7-10,16H,5-6,11-13H2,1-4H3,(H,22,25)(H,23,24). The maximum Gasteiger partial charge on any atom is 0.408 e. The Morgan fingerprint density at radius 1 is 1.19 bits per heavy atom. The number of aryl methyl sites for hydroxylation is 1. The van der Waals surface area contributed by atoms with Crippen LogP contribution in [0.25, 0.3) is 0 Å². The number of carboxylic acid groups (broad SMARTS) is 1. The molecule has 1 atom stereocenters. The fraction of sp³-hybridized carbons (Fsp3) is 0.619. The summed E-state index contributed by atoms with van der Waals surface area (Å²) in [6.45, 7) is 7.46. The number of benzene rings is 1. The zero-order valence-electron chi connectivity index (χ0n) is 16.1. The molecule has 0 aromatic heterocycles. The van der Waals surface area contributed by atoms with Gasteiger partial charge in [-0.3, -0.25) is 0 Å². The van der Waals surface area contributed by atoms with Crippen molar-refractivity contribution in [2.45, 2.75) is 76.9 Å². The summed E-state index contributed by atoms with van der Waals surface area (Å²) in [4.78, 5) is 23.8. The van der Waals surface area contributed by atoms with E-state index in [0.29, 0.717) is 0 Å². The van der Waals surface area contributed by atoms with Crippen LogP contribution in [0, 0.1) is 5.41 Å². The van der Waals surface area contributed by atoms with Crippen molar-refractivity contribution in [3.63, 3.8) is 0 Å². The maximum absolute atomic E-state index is 12.0. The van der Waals surface area contributed by atoms with E-state index >= 15 is 0 Å². The molecule has 3 fully saturated rings. The Balaban J connectivity index is 1.65. The fourth-order valence-electron chi connectivity index (χ4n) is 4.69. The molecule has 0 saturated heterocycles. The van der Waals surface area contributed by atoms with Crippen LogP contribution >= 0.6 is 0 Å². The summed E-state index contributed by atoms with van der Waals surface area (Å²) in [5.74, 6) is -0.984. The van der Waals surface area contributed by atoms with E-state index in [-0.39, 0.29) is 10.8 Å². The Morgan fingerprint density at radius 2 is 1.77 bits per heavy atom. The van der Waals surface area contributed by atoms with E-state index in [1.54, 1.807) is 20.8 Å². The molecule has 0 spiro atoms. The summed E-state index contributed by atoms with van der Waals surface area (Å²) in [5, 5.41) is 12.2. The van der Waals surface area contributed by atoms with Gasteiger partial charge in [-0.05, 0) is 63.0 Å². The van der Waals surface area contributed by atoms with Gasteiger partial charge in [0.1, 0.15) is 11.6 Å². The van der Waals surface area contributed by atoms with Crippen LogP contribution in [0.15, 0.2) is 24.3 Å². The van der Waals surface area contributed by atoms with Gasteiger partial charge >= 0.3 is 12.1 Å². The topological polar surface area (TPSA) is 75.6 Å². The van der Waals surface area contributed by atoms with Gasteiger partial charge in [-0.25, -0.2) is 9.59 Å². The largest absolute Gasteiger partial charge is 0.480 e. The Morgan fingerprint density at radius 3 is 2.23 bits per heavy atom. The molecular formula is C21H29NO4. The molecule has 3 saturated carbocycles. The summed E-state index contributed by atoms with van der Waals surface area (Å²) >= 11 is 0. The highest BCUT2D eigenvalue weighted by Crippen LogP contribution is 2.74. The third-order valence-electron chi connectivity index (χ3n) is 5.70. The number of rotatable bonds is 6. The van der Waals surface area contributed by atoms with Gasteiger partial charge in [0.15, 0.2) is 0 Å². The Labute approximate surface area is 155 Å². The lowest BCUT2D eigenvalue weighted by molar-refractivity contribution is -0.183. The first kappa shape index (κ1) is 18.7. The van der Waals surface area contributed by atoms with Crippen molar-refractivity contribution in [2.75, 3.05) is 0 Å². The van der Waals surface area contributed by atoms with Crippen molar-refractivity contribution in [3.8, 4) is 0 Å². The zero-order chi connectivity index (χ0) is 19.2. The van der Waals surface area contributed by atoms with Crippen molar-refractivity contribution in [1.82, 2.24) is 5.32 Å². The van der Waals surface area contributed by atoms with Gasteiger partial charge in [0.25, 0.3) is 0 Å². The summed E-state index contributed by atoms with van der Waals surface area (Å²) in [6, 6.07) is 7.84. The summed E-state index contributed by atoms with van der Waals surface area (Å²) in [5.41, 5.74) is 1.74. The number of carbonyl (C=O) groups excluding carboxylic acids is 1. The van der Waals surface area contributed by atoms with Crippen LogP contribution in [-0.4, -0.2) is 28.8 Å². The number of amides is 1. The van der Waals surface area contributed by atoms with E-state index in [1.165, 1.54) is 11.1 Å². The molecule has 1 aromatic carbocycles. The normalized spacial score (nSPS) is 27.7. The Bertz CT molecular complexity index is 682. The van der Waals surface area contributed by atoms with Crippen LogP contribution < -0.4 is 5.32 Å². The first-order valence-electron chi connectivity index (χ1n) is 9.41. The highest BCUT2D eigenvalue weighted by atomic mass is 16.6. The predicted molar refractivity (Wildman–Crippen MR) is 99.2 cm³/mol. The number of carbonyl (C=O) groups is 2. The predicted octanol–water partition coefficient (Wildman–Crippen LogP) is 4.04. The first-order chi connectivity index (χ1) is 12.1. The van der Waals surface area contributed by atoms with Crippen LogP contribution in [0.2, 0.25) is 0 Å². The van der Waals surface area contributed by atoms with E-state index in [2.05, 4.69) is 36.5 Å². The maximum atomic E-state index is 12.0. The monoisotopic (exact) mass is 359 g/mol. The zero-order valence-corrected chi connectivity index (χ0v) is 16.1. The van der Waals surface area contributed by atoms with Crippen molar-refractivity contribution in [3.05, 3.63) is 35.4 Å². The smallest absolute Gasteiger partial charge is 0.408 e. The van der Waals surface area contributed by atoms with Crippen LogP contribution in [0.5, 0.6) is 0 Å². The van der Waals surface area contributed by atoms with Gasteiger partial charge in [0, 0.05) is 5.41 Å². The van der Waals surface area contributed by atoms with E-state index in [1.807, 2.05) is 0 Å². The average molecular weight is 359 g/mol. The first-order valence-corrected chi connectivity index (χ1v) is 9.41. The molecule has 26 heavy (non-hydrogen) atoms. The molecular weight excluding hydrogens is 330 g/mol. The molecule has 5 nitrogen and oxygen atoms in total. The SMILES string of the molecule is CCCc1ccc(C23CC(C(NC(=O)OC(C)(C)C)C(=O)O)(C2)C3)cc1. The van der Waals surface area contributed by atoms with Crippen molar-refractivity contribution < 1.29 is 19.4 Å². The van der Waals surface area contributed by atoms with Gasteiger partial charge in [-0.2, -0.15) is 0 Å². The molecule has 0 radical (unpaired) electrons. The van der Waals surface area contributed by atoms with E-state index in [0.717, 1.165) is 32.1 Å². The lowest BCUT2D eigenvalue weighted by Crippen LogP contribution is -2.73. The molecule has 5 heteroatoms. The molecule has 4 rings (SSSR count). The number of aliphatic carboxylic acids is 1. The molecule has 1 aromatic rings. The highest BCUT2D eigenvalue weighted by molar-refractivity contribution is 5.82. The minimum atomic E-state index is -0.984. The number of hydrogen-bond acceptors (Lipinski definition) is 3.